The molecular weight excluding hydrogens is 248 g/mol. The molecule has 3 heteroatoms. The highest BCUT2D eigenvalue weighted by atomic mass is 16.2. The van der Waals surface area contributed by atoms with E-state index >= 15 is 0 Å². The van der Waals surface area contributed by atoms with E-state index in [0.717, 1.165) is 19.4 Å². The second-order valence-electron chi connectivity index (χ2n) is 6.70. The average Bonchev–Trinajstić information content (AvgIpc) is 2.76. The van der Waals surface area contributed by atoms with Crippen LogP contribution in [0.25, 0.3) is 0 Å². The van der Waals surface area contributed by atoms with Gasteiger partial charge >= 0.3 is 0 Å². The molecule has 2 atom stereocenters. The predicted octanol–water partition coefficient (Wildman–Crippen LogP) is 3.07. The molecule has 1 heterocycles. The molecule has 0 N–H and O–H groups in total. The number of carbonyl (C=O) groups is 1. The van der Waals surface area contributed by atoms with E-state index in [0.29, 0.717) is 5.92 Å². The molecule has 2 bridgehead atoms. The minimum atomic E-state index is -0.582. The molecule has 1 aromatic carbocycles. The maximum Gasteiger partial charge on any atom is 0.229 e. The van der Waals surface area contributed by atoms with E-state index in [9.17, 15) is 4.79 Å². The summed E-state index contributed by atoms with van der Waals surface area (Å²) in [5.74, 6) is 0.708. The van der Waals surface area contributed by atoms with E-state index in [1.165, 1.54) is 11.1 Å². The summed E-state index contributed by atoms with van der Waals surface area (Å²) in [6, 6.07) is 10.8. The molecule has 0 unspecified atom stereocenters. The van der Waals surface area contributed by atoms with Crippen molar-refractivity contribution in [2.45, 2.75) is 39.2 Å². The van der Waals surface area contributed by atoms with Crippen molar-refractivity contribution in [2.24, 2.45) is 11.3 Å². The summed E-state index contributed by atoms with van der Waals surface area (Å²) in [6.07, 6.45) is 2.43. The summed E-state index contributed by atoms with van der Waals surface area (Å²) in [5, 5.41) is 8.92. The fourth-order valence-electron chi connectivity index (χ4n) is 3.61. The van der Waals surface area contributed by atoms with Gasteiger partial charge in [-0.2, -0.15) is 5.26 Å². The van der Waals surface area contributed by atoms with Gasteiger partial charge in [0.05, 0.1) is 17.5 Å². The van der Waals surface area contributed by atoms with E-state index in [-0.39, 0.29) is 18.4 Å². The van der Waals surface area contributed by atoms with E-state index in [2.05, 4.69) is 30.3 Å². The van der Waals surface area contributed by atoms with Gasteiger partial charge in [-0.3, -0.25) is 4.79 Å². The molecule has 1 amide bonds. The molecule has 1 fully saturated rings. The predicted molar refractivity (Wildman–Crippen MR) is 76.7 cm³/mol. The Bertz CT molecular complexity index is 585. The Morgan fingerprint density at radius 1 is 1.45 bits per heavy atom. The molecule has 1 aliphatic heterocycles. The monoisotopic (exact) mass is 268 g/mol. The number of amides is 1. The molecule has 3 rings (SSSR count). The maximum atomic E-state index is 12.8. The Balaban J connectivity index is 1.91. The summed E-state index contributed by atoms with van der Waals surface area (Å²) >= 11 is 0. The maximum absolute atomic E-state index is 12.8. The zero-order valence-corrected chi connectivity index (χ0v) is 12.1. The lowest BCUT2D eigenvalue weighted by Crippen LogP contribution is -2.40. The third-order valence-corrected chi connectivity index (χ3v) is 4.67. The first-order valence-corrected chi connectivity index (χ1v) is 7.29. The van der Waals surface area contributed by atoms with Crippen molar-refractivity contribution in [3.05, 3.63) is 35.4 Å². The van der Waals surface area contributed by atoms with Crippen LogP contribution >= 0.6 is 0 Å². The number of likely N-dealkylation sites (tertiary alicyclic amines) is 1. The van der Waals surface area contributed by atoms with Crippen molar-refractivity contribution in [1.29, 1.82) is 5.26 Å². The molecule has 104 valence electrons. The van der Waals surface area contributed by atoms with E-state index in [4.69, 9.17) is 5.26 Å². The van der Waals surface area contributed by atoms with E-state index < -0.39 is 5.41 Å². The lowest BCUT2D eigenvalue weighted by Gasteiger charge is -2.32. The summed E-state index contributed by atoms with van der Waals surface area (Å²) in [6.45, 7) is 4.60. The second kappa shape index (κ2) is 4.63. The molecule has 1 aliphatic carbocycles. The van der Waals surface area contributed by atoms with Crippen LogP contribution in [0.5, 0.6) is 0 Å². The van der Waals surface area contributed by atoms with Crippen LogP contribution in [0, 0.1) is 22.7 Å². The van der Waals surface area contributed by atoms with Crippen LogP contribution in [-0.2, 0) is 11.2 Å². The minimum Gasteiger partial charge on any atom is -0.335 e. The number of carbonyl (C=O) groups excluding carboxylic acids is 1. The van der Waals surface area contributed by atoms with Gasteiger partial charge in [-0.1, -0.05) is 38.1 Å². The molecular formula is C17H20N2O. The standard InChI is InChI=1S/C17H20N2O/c1-17(2,7-8-18)16(20)19-11-12-9-13-5-3-4-6-14(13)15(19)10-12/h3-6,12,15H,7,9-11H2,1-2H3/t12-,15-/m0/s1. The fourth-order valence-corrected chi connectivity index (χ4v) is 3.61. The number of benzene rings is 1. The Morgan fingerprint density at radius 2 is 2.20 bits per heavy atom. The van der Waals surface area contributed by atoms with Gasteiger partial charge in [0.25, 0.3) is 0 Å². The van der Waals surface area contributed by atoms with Crippen molar-refractivity contribution in [3.63, 3.8) is 0 Å². The van der Waals surface area contributed by atoms with Crippen molar-refractivity contribution in [2.75, 3.05) is 6.54 Å². The van der Waals surface area contributed by atoms with Crippen molar-refractivity contribution in [1.82, 2.24) is 4.90 Å². The summed E-state index contributed by atoms with van der Waals surface area (Å²) < 4.78 is 0. The lowest BCUT2D eigenvalue weighted by atomic mass is 9.84. The summed E-state index contributed by atoms with van der Waals surface area (Å²) in [5.41, 5.74) is 2.12. The highest BCUT2D eigenvalue weighted by Gasteiger charge is 2.44. The number of nitriles is 1. The van der Waals surface area contributed by atoms with Crippen LogP contribution in [0.4, 0.5) is 0 Å². The molecule has 3 nitrogen and oxygen atoms in total. The van der Waals surface area contributed by atoms with Gasteiger partial charge in [-0.15, -0.1) is 0 Å². The van der Waals surface area contributed by atoms with Gasteiger partial charge in [0.2, 0.25) is 5.91 Å². The topological polar surface area (TPSA) is 44.1 Å². The highest BCUT2D eigenvalue weighted by molar-refractivity contribution is 5.83. The van der Waals surface area contributed by atoms with Crippen LogP contribution < -0.4 is 0 Å². The fraction of sp³-hybridized carbons (Fsp3) is 0.529. The van der Waals surface area contributed by atoms with E-state index in [1.807, 2.05) is 18.7 Å². The van der Waals surface area contributed by atoms with Gasteiger partial charge in [0, 0.05) is 13.0 Å². The number of hydrogen-bond acceptors (Lipinski definition) is 2. The first-order chi connectivity index (χ1) is 9.53. The zero-order chi connectivity index (χ0) is 14.3. The van der Waals surface area contributed by atoms with Gasteiger partial charge in [0.15, 0.2) is 0 Å². The van der Waals surface area contributed by atoms with Crippen LogP contribution in [0.15, 0.2) is 24.3 Å². The SMILES string of the molecule is CC(C)(CC#N)C(=O)N1C[C@H]2Cc3ccccc3[C@@H]1C2. The average molecular weight is 268 g/mol. The minimum absolute atomic E-state index is 0.128. The molecule has 0 aromatic heterocycles. The molecule has 1 aromatic rings. The lowest BCUT2D eigenvalue weighted by molar-refractivity contribution is -0.141. The largest absolute Gasteiger partial charge is 0.335 e. The third kappa shape index (κ3) is 2.00. The van der Waals surface area contributed by atoms with Gasteiger partial charge in [-0.25, -0.2) is 0 Å². The van der Waals surface area contributed by atoms with Crippen LogP contribution in [-0.4, -0.2) is 17.4 Å². The second-order valence-corrected chi connectivity index (χ2v) is 6.70. The van der Waals surface area contributed by atoms with Crippen LogP contribution in [0.3, 0.4) is 0 Å². The Labute approximate surface area is 120 Å². The highest BCUT2D eigenvalue weighted by Crippen LogP contribution is 2.45. The first-order valence-electron chi connectivity index (χ1n) is 7.29. The van der Waals surface area contributed by atoms with Gasteiger partial charge in [0.1, 0.15) is 0 Å². The first kappa shape index (κ1) is 13.2. The number of fused-ring (bicyclic) bond motifs is 4. The molecule has 20 heavy (non-hydrogen) atoms. The van der Waals surface area contributed by atoms with Crippen molar-refractivity contribution in [3.8, 4) is 6.07 Å². The smallest absolute Gasteiger partial charge is 0.229 e. The number of rotatable bonds is 2. The van der Waals surface area contributed by atoms with Crippen LogP contribution in [0.1, 0.15) is 43.9 Å². The van der Waals surface area contributed by atoms with Gasteiger partial charge < -0.3 is 4.90 Å². The van der Waals surface area contributed by atoms with Crippen molar-refractivity contribution < 1.29 is 4.79 Å². The van der Waals surface area contributed by atoms with Crippen LogP contribution in [0.2, 0.25) is 0 Å². The summed E-state index contributed by atoms with van der Waals surface area (Å²) in [7, 11) is 0. The van der Waals surface area contributed by atoms with Gasteiger partial charge in [-0.05, 0) is 29.9 Å². The molecule has 1 saturated heterocycles. The Kier molecular flexibility index (Phi) is 3.05. The molecule has 0 spiro atoms. The quantitative estimate of drug-likeness (QED) is 0.827. The third-order valence-electron chi connectivity index (χ3n) is 4.67. The zero-order valence-electron chi connectivity index (χ0n) is 12.1. The Morgan fingerprint density at radius 3 is 2.95 bits per heavy atom. The van der Waals surface area contributed by atoms with E-state index in [1.54, 1.807) is 0 Å². The molecule has 2 aliphatic rings. The molecule has 0 radical (unpaired) electrons. The molecule has 0 saturated carbocycles. The number of nitrogens with zero attached hydrogens (tertiary/aromatic N) is 2. The Hall–Kier alpha value is -1.82. The number of hydrogen-bond donors (Lipinski definition) is 0. The normalized spacial score (nSPS) is 24.1. The van der Waals surface area contributed by atoms with Crippen molar-refractivity contribution >= 4 is 5.91 Å². The summed E-state index contributed by atoms with van der Waals surface area (Å²) in [4.78, 5) is 14.8.